The highest BCUT2D eigenvalue weighted by Gasteiger charge is 2.27. The molecule has 3 aromatic rings. The number of aliphatic hydroxyl groups is 1. The Bertz CT molecular complexity index is 941. The Morgan fingerprint density at radius 2 is 1.73 bits per heavy atom. The summed E-state index contributed by atoms with van der Waals surface area (Å²) in [6, 6.07) is 21.9. The summed E-state index contributed by atoms with van der Waals surface area (Å²) in [6.07, 6.45) is 1.44. The lowest BCUT2D eigenvalue weighted by Crippen LogP contribution is -2.35. The SMILES string of the molecule is N#Cc1cc(N2CCC(C(O)c3ccccc3)CC2)c2ccccc2n1. The van der Waals surface area contributed by atoms with Crippen molar-refractivity contribution in [1.29, 1.82) is 5.26 Å². The van der Waals surface area contributed by atoms with Gasteiger partial charge in [-0.15, -0.1) is 0 Å². The summed E-state index contributed by atoms with van der Waals surface area (Å²) < 4.78 is 0. The Hall–Kier alpha value is -2.90. The van der Waals surface area contributed by atoms with Gasteiger partial charge in [0.05, 0.1) is 11.6 Å². The number of piperidine rings is 1. The van der Waals surface area contributed by atoms with Crippen molar-refractivity contribution in [1.82, 2.24) is 4.98 Å². The first-order chi connectivity index (χ1) is 12.8. The molecular formula is C22H21N3O. The van der Waals surface area contributed by atoms with Gasteiger partial charge in [0.2, 0.25) is 0 Å². The third-order valence-electron chi connectivity index (χ3n) is 5.28. The highest BCUT2D eigenvalue weighted by molar-refractivity contribution is 5.92. The van der Waals surface area contributed by atoms with Gasteiger partial charge >= 0.3 is 0 Å². The molecule has 1 atom stereocenters. The number of pyridine rings is 1. The summed E-state index contributed by atoms with van der Waals surface area (Å²) in [4.78, 5) is 6.72. The van der Waals surface area contributed by atoms with Crippen molar-refractivity contribution < 1.29 is 5.11 Å². The van der Waals surface area contributed by atoms with Gasteiger partial charge in [-0.05, 0) is 36.5 Å². The van der Waals surface area contributed by atoms with Crippen LogP contribution in [0.2, 0.25) is 0 Å². The number of nitrogens with zero attached hydrogens (tertiary/aromatic N) is 3. The van der Waals surface area contributed by atoms with E-state index in [0.29, 0.717) is 5.69 Å². The normalized spacial score (nSPS) is 16.4. The van der Waals surface area contributed by atoms with Crippen LogP contribution < -0.4 is 4.90 Å². The molecule has 2 aromatic carbocycles. The van der Waals surface area contributed by atoms with Gasteiger partial charge < -0.3 is 10.0 Å². The first kappa shape index (κ1) is 16.6. The van der Waals surface area contributed by atoms with Crippen LogP contribution in [-0.4, -0.2) is 23.2 Å². The Morgan fingerprint density at radius 1 is 1.04 bits per heavy atom. The summed E-state index contributed by atoms with van der Waals surface area (Å²) in [5.41, 5.74) is 3.37. The van der Waals surface area contributed by atoms with Crippen molar-refractivity contribution in [2.24, 2.45) is 5.92 Å². The fourth-order valence-corrected chi connectivity index (χ4v) is 3.85. The summed E-state index contributed by atoms with van der Waals surface area (Å²) >= 11 is 0. The molecule has 1 fully saturated rings. The van der Waals surface area contributed by atoms with Crippen LogP contribution in [0.1, 0.15) is 30.2 Å². The lowest BCUT2D eigenvalue weighted by atomic mass is 9.87. The molecule has 1 aliphatic rings. The van der Waals surface area contributed by atoms with E-state index in [0.717, 1.165) is 48.1 Å². The molecule has 26 heavy (non-hydrogen) atoms. The van der Waals surface area contributed by atoms with E-state index >= 15 is 0 Å². The molecule has 1 aliphatic heterocycles. The molecular weight excluding hydrogens is 322 g/mol. The van der Waals surface area contributed by atoms with Crippen molar-refractivity contribution in [3.63, 3.8) is 0 Å². The average Bonchev–Trinajstić information content (AvgIpc) is 2.73. The van der Waals surface area contributed by atoms with Crippen LogP contribution in [-0.2, 0) is 0 Å². The quantitative estimate of drug-likeness (QED) is 0.779. The average molecular weight is 343 g/mol. The molecule has 0 radical (unpaired) electrons. The van der Waals surface area contributed by atoms with E-state index in [9.17, 15) is 10.4 Å². The number of aliphatic hydroxyl groups excluding tert-OH is 1. The van der Waals surface area contributed by atoms with Gasteiger partial charge in [-0.3, -0.25) is 0 Å². The number of aromatic nitrogens is 1. The van der Waals surface area contributed by atoms with Crippen molar-refractivity contribution in [2.75, 3.05) is 18.0 Å². The number of rotatable bonds is 3. The second-order valence-corrected chi connectivity index (χ2v) is 6.84. The van der Waals surface area contributed by atoms with Crippen LogP contribution in [0, 0.1) is 17.2 Å². The zero-order valence-corrected chi connectivity index (χ0v) is 14.5. The van der Waals surface area contributed by atoms with Gasteiger partial charge in [-0.25, -0.2) is 4.98 Å². The van der Waals surface area contributed by atoms with Crippen LogP contribution >= 0.6 is 0 Å². The third-order valence-corrected chi connectivity index (χ3v) is 5.28. The smallest absolute Gasteiger partial charge is 0.143 e. The van der Waals surface area contributed by atoms with E-state index in [-0.39, 0.29) is 5.92 Å². The Morgan fingerprint density at radius 3 is 2.46 bits per heavy atom. The van der Waals surface area contributed by atoms with E-state index in [1.54, 1.807) is 0 Å². The minimum absolute atomic E-state index is 0.261. The van der Waals surface area contributed by atoms with Crippen molar-refractivity contribution in [2.45, 2.75) is 18.9 Å². The van der Waals surface area contributed by atoms with Crippen LogP contribution in [0.25, 0.3) is 10.9 Å². The van der Waals surface area contributed by atoms with E-state index in [4.69, 9.17) is 0 Å². The summed E-state index contributed by atoms with van der Waals surface area (Å²) in [5.74, 6) is 0.261. The topological polar surface area (TPSA) is 60.2 Å². The molecule has 1 unspecified atom stereocenters. The van der Waals surface area contributed by atoms with E-state index in [1.807, 2.05) is 54.6 Å². The first-order valence-electron chi connectivity index (χ1n) is 9.04. The monoisotopic (exact) mass is 343 g/mol. The summed E-state index contributed by atoms with van der Waals surface area (Å²) in [6.45, 7) is 1.74. The molecule has 4 nitrogen and oxygen atoms in total. The minimum atomic E-state index is -0.415. The Labute approximate surface area is 153 Å². The zero-order valence-electron chi connectivity index (χ0n) is 14.5. The van der Waals surface area contributed by atoms with Crippen LogP contribution in [0.15, 0.2) is 60.7 Å². The molecule has 1 N–H and O–H groups in total. The van der Waals surface area contributed by atoms with Gasteiger partial charge in [-0.1, -0.05) is 48.5 Å². The number of benzene rings is 2. The lowest BCUT2D eigenvalue weighted by molar-refractivity contribution is 0.0930. The van der Waals surface area contributed by atoms with Gasteiger partial charge in [0.25, 0.3) is 0 Å². The lowest BCUT2D eigenvalue weighted by Gasteiger charge is -2.36. The first-order valence-corrected chi connectivity index (χ1v) is 9.04. The van der Waals surface area contributed by atoms with Crippen molar-refractivity contribution >= 4 is 16.6 Å². The van der Waals surface area contributed by atoms with Crippen LogP contribution in [0.5, 0.6) is 0 Å². The molecule has 4 heteroatoms. The third kappa shape index (κ3) is 3.14. The van der Waals surface area contributed by atoms with E-state index in [1.165, 1.54) is 0 Å². The number of fused-ring (bicyclic) bond motifs is 1. The number of para-hydroxylation sites is 1. The van der Waals surface area contributed by atoms with E-state index < -0.39 is 6.10 Å². The molecule has 1 saturated heterocycles. The summed E-state index contributed by atoms with van der Waals surface area (Å²) in [7, 11) is 0. The van der Waals surface area contributed by atoms with Crippen LogP contribution in [0.3, 0.4) is 0 Å². The van der Waals surface area contributed by atoms with Gasteiger partial charge in [-0.2, -0.15) is 5.26 Å². The summed E-state index contributed by atoms with van der Waals surface area (Å²) in [5, 5.41) is 21.1. The molecule has 2 heterocycles. The molecule has 0 amide bonds. The second-order valence-electron chi connectivity index (χ2n) is 6.84. The molecule has 0 spiro atoms. The number of nitriles is 1. The number of hydrogen-bond donors (Lipinski definition) is 1. The maximum atomic E-state index is 10.7. The second kappa shape index (κ2) is 7.15. The van der Waals surface area contributed by atoms with Gasteiger partial charge in [0.15, 0.2) is 0 Å². The standard InChI is InChI=1S/C22H21N3O/c23-15-18-14-21(19-8-4-5-9-20(19)24-18)25-12-10-17(11-13-25)22(26)16-6-2-1-3-7-16/h1-9,14,17,22,26H,10-13H2. The maximum Gasteiger partial charge on any atom is 0.143 e. The van der Waals surface area contributed by atoms with Crippen molar-refractivity contribution in [3.05, 3.63) is 71.9 Å². The molecule has 0 saturated carbocycles. The molecule has 4 rings (SSSR count). The zero-order chi connectivity index (χ0) is 17.9. The maximum absolute atomic E-state index is 10.7. The number of anilines is 1. The molecule has 1 aromatic heterocycles. The van der Waals surface area contributed by atoms with Gasteiger partial charge in [0.1, 0.15) is 11.8 Å². The predicted molar refractivity (Wildman–Crippen MR) is 103 cm³/mol. The molecule has 0 aliphatic carbocycles. The number of hydrogen-bond acceptors (Lipinski definition) is 4. The largest absolute Gasteiger partial charge is 0.388 e. The fourth-order valence-electron chi connectivity index (χ4n) is 3.85. The predicted octanol–water partition coefficient (Wildman–Crippen LogP) is 4.06. The van der Waals surface area contributed by atoms with Gasteiger partial charge in [0, 0.05) is 24.2 Å². The van der Waals surface area contributed by atoms with Crippen molar-refractivity contribution in [3.8, 4) is 6.07 Å². The molecule has 0 bridgehead atoms. The highest BCUT2D eigenvalue weighted by Crippen LogP contribution is 2.34. The van der Waals surface area contributed by atoms with E-state index in [2.05, 4.69) is 22.0 Å². The Balaban J connectivity index is 1.55. The fraction of sp³-hybridized carbons (Fsp3) is 0.273. The minimum Gasteiger partial charge on any atom is -0.388 e. The Kier molecular flexibility index (Phi) is 4.55. The molecule has 130 valence electrons. The highest BCUT2D eigenvalue weighted by atomic mass is 16.3. The van der Waals surface area contributed by atoms with Crippen LogP contribution in [0.4, 0.5) is 5.69 Å².